The predicted molar refractivity (Wildman–Crippen MR) is 99.5 cm³/mol. The van der Waals surface area contributed by atoms with Crippen LogP contribution in [0.15, 0.2) is 60.7 Å². The van der Waals surface area contributed by atoms with Gasteiger partial charge in [-0.1, -0.05) is 60.7 Å². The molecule has 2 aromatic rings. The van der Waals surface area contributed by atoms with E-state index in [1.807, 2.05) is 81.4 Å². The van der Waals surface area contributed by atoms with Crippen LogP contribution in [0.4, 0.5) is 0 Å². The summed E-state index contributed by atoms with van der Waals surface area (Å²) in [4.78, 5) is 24.9. The topological polar surface area (TPSA) is 43.4 Å². The van der Waals surface area contributed by atoms with Crippen LogP contribution in [0.5, 0.6) is 0 Å². The van der Waals surface area contributed by atoms with E-state index in [4.69, 9.17) is 4.74 Å². The zero-order chi connectivity index (χ0) is 18.4. The molecule has 0 saturated carbocycles. The molecule has 0 heterocycles. The third-order valence-corrected chi connectivity index (χ3v) is 4.03. The lowest BCUT2D eigenvalue weighted by atomic mass is 9.77. The SMILES string of the molecule is CC(=O)C(c1ccccc1)C(CC(=O)OC(C)(C)C)c1ccccc1. The van der Waals surface area contributed by atoms with Crippen molar-refractivity contribution in [1.82, 2.24) is 0 Å². The number of rotatable bonds is 6. The van der Waals surface area contributed by atoms with Crippen LogP contribution < -0.4 is 0 Å². The summed E-state index contributed by atoms with van der Waals surface area (Å²) in [5, 5.41) is 0. The Morgan fingerprint density at radius 2 is 1.36 bits per heavy atom. The van der Waals surface area contributed by atoms with E-state index in [0.717, 1.165) is 11.1 Å². The Hall–Kier alpha value is -2.42. The van der Waals surface area contributed by atoms with Crippen molar-refractivity contribution in [3.63, 3.8) is 0 Å². The van der Waals surface area contributed by atoms with Gasteiger partial charge in [-0.05, 0) is 38.8 Å². The molecule has 2 rings (SSSR count). The number of hydrogen-bond donors (Lipinski definition) is 0. The zero-order valence-electron chi connectivity index (χ0n) is 15.4. The van der Waals surface area contributed by atoms with E-state index in [0.29, 0.717) is 0 Å². The number of esters is 1. The minimum absolute atomic E-state index is 0.0450. The minimum atomic E-state index is -0.545. The summed E-state index contributed by atoms with van der Waals surface area (Å²) in [6.07, 6.45) is 0.167. The lowest BCUT2D eigenvalue weighted by Gasteiger charge is -2.27. The van der Waals surface area contributed by atoms with E-state index >= 15 is 0 Å². The average Bonchev–Trinajstić information content (AvgIpc) is 2.54. The molecule has 2 atom stereocenters. The fraction of sp³-hybridized carbons (Fsp3) is 0.364. The van der Waals surface area contributed by atoms with Gasteiger partial charge in [-0.2, -0.15) is 0 Å². The molecule has 0 aliphatic rings. The van der Waals surface area contributed by atoms with E-state index in [9.17, 15) is 9.59 Å². The van der Waals surface area contributed by atoms with Gasteiger partial charge in [0, 0.05) is 11.8 Å². The molecule has 0 saturated heterocycles. The molecule has 132 valence electrons. The van der Waals surface area contributed by atoms with E-state index in [2.05, 4.69) is 0 Å². The Morgan fingerprint density at radius 3 is 1.80 bits per heavy atom. The summed E-state index contributed by atoms with van der Waals surface area (Å²) >= 11 is 0. The molecule has 0 spiro atoms. The second-order valence-corrected chi connectivity index (χ2v) is 7.31. The fourth-order valence-electron chi connectivity index (χ4n) is 3.10. The van der Waals surface area contributed by atoms with Crippen molar-refractivity contribution < 1.29 is 14.3 Å². The Morgan fingerprint density at radius 1 is 0.880 bits per heavy atom. The number of benzene rings is 2. The molecule has 0 aromatic heterocycles. The van der Waals surface area contributed by atoms with Gasteiger partial charge in [0.05, 0.1) is 6.42 Å². The van der Waals surface area contributed by atoms with Gasteiger partial charge in [-0.25, -0.2) is 0 Å². The summed E-state index contributed by atoms with van der Waals surface area (Å²) in [6, 6.07) is 19.4. The quantitative estimate of drug-likeness (QED) is 0.705. The summed E-state index contributed by atoms with van der Waals surface area (Å²) in [6.45, 7) is 7.13. The van der Waals surface area contributed by atoms with Gasteiger partial charge < -0.3 is 4.74 Å². The van der Waals surface area contributed by atoms with Crippen LogP contribution in [0.2, 0.25) is 0 Å². The molecule has 0 aliphatic heterocycles. The Labute approximate surface area is 150 Å². The smallest absolute Gasteiger partial charge is 0.306 e. The fourth-order valence-corrected chi connectivity index (χ4v) is 3.10. The second kappa shape index (κ2) is 8.11. The molecule has 3 nitrogen and oxygen atoms in total. The van der Waals surface area contributed by atoms with Gasteiger partial charge >= 0.3 is 5.97 Å². The van der Waals surface area contributed by atoms with Crippen LogP contribution in [0.25, 0.3) is 0 Å². The van der Waals surface area contributed by atoms with Crippen LogP contribution in [-0.2, 0) is 14.3 Å². The van der Waals surface area contributed by atoms with Crippen LogP contribution in [0.1, 0.15) is 57.1 Å². The van der Waals surface area contributed by atoms with E-state index in [1.54, 1.807) is 6.92 Å². The number of ether oxygens (including phenoxy) is 1. The highest BCUT2D eigenvalue weighted by Crippen LogP contribution is 2.37. The largest absolute Gasteiger partial charge is 0.460 e. The maximum Gasteiger partial charge on any atom is 0.306 e. The van der Waals surface area contributed by atoms with Crippen molar-refractivity contribution in [2.75, 3.05) is 0 Å². The number of hydrogen-bond acceptors (Lipinski definition) is 3. The Bertz CT molecular complexity index is 699. The summed E-state index contributed by atoms with van der Waals surface area (Å²) < 4.78 is 5.51. The second-order valence-electron chi connectivity index (χ2n) is 7.31. The Kier molecular flexibility index (Phi) is 6.13. The Balaban J connectivity index is 2.39. The summed E-state index contributed by atoms with van der Waals surface area (Å²) in [7, 11) is 0. The standard InChI is InChI=1S/C22H26O3/c1-16(23)21(18-13-9-6-10-14-18)19(17-11-7-5-8-12-17)15-20(24)25-22(2,3)4/h5-14,19,21H,15H2,1-4H3. The first-order chi connectivity index (χ1) is 11.8. The lowest BCUT2D eigenvalue weighted by molar-refractivity contribution is -0.155. The maximum atomic E-state index is 12.5. The van der Waals surface area contributed by atoms with Gasteiger partial charge in [-0.3, -0.25) is 9.59 Å². The van der Waals surface area contributed by atoms with Gasteiger partial charge in [0.2, 0.25) is 0 Å². The number of carbonyl (C=O) groups excluding carboxylic acids is 2. The highest BCUT2D eigenvalue weighted by molar-refractivity contribution is 5.85. The first-order valence-corrected chi connectivity index (χ1v) is 8.60. The lowest BCUT2D eigenvalue weighted by Crippen LogP contribution is -2.27. The van der Waals surface area contributed by atoms with E-state index in [-0.39, 0.29) is 30.0 Å². The number of Topliss-reactive ketones (excluding diaryl/α,β-unsaturated/α-hetero) is 1. The van der Waals surface area contributed by atoms with Crippen molar-refractivity contribution in [3.05, 3.63) is 71.8 Å². The molecule has 0 N–H and O–H groups in total. The van der Waals surface area contributed by atoms with Crippen molar-refractivity contribution >= 4 is 11.8 Å². The highest BCUT2D eigenvalue weighted by atomic mass is 16.6. The molecule has 0 amide bonds. The van der Waals surface area contributed by atoms with Gasteiger partial charge in [-0.15, -0.1) is 0 Å². The monoisotopic (exact) mass is 338 g/mol. The first-order valence-electron chi connectivity index (χ1n) is 8.60. The highest BCUT2D eigenvalue weighted by Gasteiger charge is 2.32. The number of ketones is 1. The molecule has 2 aromatic carbocycles. The van der Waals surface area contributed by atoms with Gasteiger partial charge in [0.25, 0.3) is 0 Å². The first kappa shape index (κ1) is 18.9. The van der Waals surface area contributed by atoms with Crippen molar-refractivity contribution in [2.24, 2.45) is 0 Å². The summed E-state index contributed by atoms with van der Waals surface area (Å²) in [5.41, 5.74) is 1.35. The van der Waals surface area contributed by atoms with Crippen molar-refractivity contribution in [3.8, 4) is 0 Å². The normalized spacial score (nSPS) is 13.8. The molecule has 2 unspecified atom stereocenters. The van der Waals surface area contributed by atoms with Crippen LogP contribution in [0, 0.1) is 0 Å². The van der Waals surface area contributed by atoms with Gasteiger partial charge in [0.1, 0.15) is 11.4 Å². The predicted octanol–water partition coefficient (Wildman–Crippen LogP) is 4.87. The van der Waals surface area contributed by atoms with E-state index in [1.165, 1.54) is 0 Å². The maximum absolute atomic E-state index is 12.5. The molecule has 0 aliphatic carbocycles. The average molecular weight is 338 g/mol. The molecular formula is C22H26O3. The van der Waals surface area contributed by atoms with Crippen molar-refractivity contribution in [1.29, 1.82) is 0 Å². The minimum Gasteiger partial charge on any atom is -0.460 e. The third kappa shape index (κ3) is 5.56. The molecule has 3 heteroatoms. The van der Waals surface area contributed by atoms with Gasteiger partial charge in [0.15, 0.2) is 0 Å². The van der Waals surface area contributed by atoms with Crippen LogP contribution in [-0.4, -0.2) is 17.4 Å². The summed E-state index contributed by atoms with van der Waals surface area (Å²) in [5.74, 6) is -0.876. The van der Waals surface area contributed by atoms with Crippen molar-refractivity contribution in [2.45, 2.75) is 51.6 Å². The van der Waals surface area contributed by atoms with Crippen LogP contribution >= 0.6 is 0 Å². The number of carbonyl (C=O) groups is 2. The molecule has 0 fully saturated rings. The molecule has 0 radical (unpaired) electrons. The molecular weight excluding hydrogens is 312 g/mol. The molecule has 0 bridgehead atoms. The zero-order valence-corrected chi connectivity index (χ0v) is 15.4. The van der Waals surface area contributed by atoms with Crippen LogP contribution in [0.3, 0.4) is 0 Å². The van der Waals surface area contributed by atoms with E-state index < -0.39 is 5.60 Å². The third-order valence-electron chi connectivity index (χ3n) is 4.03. The molecule has 25 heavy (non-hydrogen) atoms.